The Balaban J connectivity index is 1.80. The Morgan fingerprint density at radius 2 is 1.78 bits per heavy atom. The van der Waals surface area contributed by atoms with E-state index in [1.165, 1.54) is 6.92 Å². The van der Waals surface area contributed by atoms with Gasteiger partial charge in [-0.25, -0.2) is 4.79 Å². The molecule has 2 aromatic carbocycles. The van der Waals surface area contributed by atoms with Crippen LogP contribution in [0.1, 0.15) is 36.2 Å². The van der Waals surface area contributed by atoms with Crippen LogP contribution in [0.3, 0.4) is 0 Å². The van der Waals surface area contributed by atoms with Crippen LogP contribution < -0.4 is 10.1 Å². The van der Waals surface area contributed by atoms with Gasteiger partial charge >= 0.3 is 5.97 Å². The Bertz CT molecular complexity index is 814. The van der Waals surface area contributed by atoms with Crippen molar-refractivity contribution in [1.29, 1.82) is 0 Å². The molecule has 6 heteroatoms. The number of benzene rings is 2. The van der Waals surface area contributed by atoms with E-state index in [2.05, 4.69) is 5.32 Å². The van der Waals surface area contributed by atoms with Crippen LogP contribution in [0.5, 0.6) is 5.75 Å². The molecule has 0 bridgehead atoms. The van der Waals surface area contributed by atoms with Crippen LogP contribution in [0.4, 0.5) is 5.69 Å². The number of carbonyl (C=O) groups excluding carboxylic acids is 3. The van der Waals surface area contributed by atoms with Gasteiger partial charge in [0, 0.05) is 17.7 Å². The minimum absolute atomic E-state index is 0.0365. The lowest BCUT2D eigenvalue weighted by molar-refractivity contribution is -0.155. The molecule has 0 radical (unpaired) electrons. The molecule has 142 valence electrons. The van der Waals surface area contributed by atoms with Gasteiger partial charge in [0.15, 0.2) is 18.5 Å². The Labute approximate surface area is 158 Å². The van der Waals surface area contributed by atoms with Crippen LogP contribution in [0.2, 0.25) is 0 Å². The topological polar surface area (TPSA) is 81.7 Å². The highest BCUT2D eigenvalue weighted by atomic mass is 16.6. The first-order chi connectivity index (χ1) is 12.9. The number of esters is 1. The van der Waals surface area contributed by atoms with Crippen LogP contribution in [0.15, 0.2) is 48.5 Å². The van der Waals surface area contributed by atoms with Crippen molar-refractivity contribution >= 4 is 23.3 Å². The molecular formula is C21H23NO5. The van der Waals surface area contributed by atoms with Crippen LogP contribution in [-0.4, -0.2) is 30.4 Å². The van der Waals surface area contributed by atoms with Crippen molar-refractivity contribution < 1.29 is 23.9 Å². The summed E-state index contributed by atoms with van der Waals surface area (Å²) in [6.45, 7) is 4.87. The fraction of sp³-hybridized carbons (Fsp3) is 0.286. The smallest absolute Gasteiger partial charge is 0.344 e. The molecule has 0 spiro atoms. The fourth-order valence-electron chi connectivity index (χ4n) is 2.33. The maximum absolute atomic E-state index is 12.1. The van der Waals surface area contributed by atoms with Crippen molar-refractivity contribution in [2.45, 2.75) is 33.3 Å². The first-order valence-corrected chi connectivity index (χ1v) is 8.72. The first-order valence-electron chi connectivity index (χ1n) is 8.72. The third-order valence-electron chi connectivity index (χ3n) is 3.82. The number of amides is 1. The van der Waals surface area contributed by atoms with Crippen LogP contribution in [0.25, 0.3) is 0 Å². The number of nitrogens with one attached hydrogen (secondary N) is 1. The molecule has 2 aromatic rings. The summed E-state index contributed by atoms with van der Waals surface area (Å²) in [6, 6.07) is 13.8. The van der Waals surface area contributed by atoms with Gasteiger partial charge < -0.3 is 14.8 Å². The highest BCUT2D eigenvalue weighted by Crippen LogP contribution is 2.14. The molecule has 0 heterocycles. The molecule has 0 aliphatic heterocycles. The molecule has 0 fully saturated rings. The molecule has 6 nitrogen and oxygen atoms in total. The molecule has 1 atom stereocenters. The summed E-state index contributed by atoms with van der Waals surface area (Å²) < 4.78 is 10.4. The standard InChI is InChI=1S/C21H23NO5/c1-4-19(23)16-8-10-18(11-9-16)26-13-20(24)27-15(3)21(25)22-17-7-5-6-14(2)12-17/h5-12,15H,4,13H2,1-3H3,(H,22,25)/t15-/m1/s1. The van der Waals surface area contributed by atoms with E-state index >= 15 is 0 Å². The third kappa shape index (κ3) is 6.26. The number of anilines is 1. The zero-order chi connectivity index (χ0) is 19.8. The highest BCUT2D eigenvalue weighted by molar-refractivity contribution is 5.96. The number of rotatable bonds is 8. The first kappa shape index (κ1) is 20.2. The summed E-state index contributed by atoms with van der Waals surface area (Å²) in [6.07, 6.45) is -0.527. The number of hydrogen-bond donors (Lipinski definition) is 1. The maximum atomic E-state index is 12.1. The molecule has 0 aliphatic rings. The second kappa shape index (κ2) is 9.52. The van der Waals surface area contributed by atoms with Gasteiger partial charge in [-0.3, -0.25) is 9.59 Å². The van der Waals surface area contributed by atoms with E-state index in [1.54, 1.807) is 37.3 Å². The lowest BCUT2D eigenvalue weighted by Gasteiger charge is -2.14. The van der Waals surface area contributed by atoms with Gasteiger partial charge in [0.2, 0.25) is 0 Å². The Morgan fingerprint density at radius 1 is 1.07 bits per heavy atom. The molecule has 0 aromatic heterocycles. The van der Waals surface area contributed by atoms with Crippen molar-refractivity contribution in [2.24, 2.45) is 0 Å². The predicted molar refractivity (Wildman–Crippen MR) is 102 cm³/mol. The largest absolute Gasteiger partial charge is 0.482 e. The van der Waals surface area contributed by atoms with Crippen LogP contribution in [0, 0.1) is 6.92 Å². The molecule has 2 rings (SSSR count). The molecule has 0 aliphatic carbocycles. The molecule has 27 heavy (non-hydrogen) atoms. The number of Topliss-reactive ketones (excluding diaryl/α,β-unsaturated/α-hetero) is 1. The van der Waals surface area contributed by atoms with Crippen molar-refractivity contribution in [3.05, 3.63) is 59.7 Å². The lowest BCUT2D eigenvalue weighted by atomic mass is 10.1. The van der Waals surface area contributed by atoms with Gasteiger partial charge in [0.1, 0.15) is 5.75 Å². The monoisotopic (exact) mass is 369 g/mol. The van der Waals surface area contributed by atoms with E-state index in [-0.39, 0.29) is 12.4 Å². The highest BCUT2D eigenvalue weighted by Gasteiger charge is 2.18. The number of ketones is 1. The predicted octanol–water partition coefficient (Wildman–Crippen LogP) is 3.54. The molecule has 0 saturated heterocycles. The van der Waals surface area contributed by atoms with Crippen molar-refractivity contribution in [1.82, 2.24) is 0 Å². The number of hydrogen-bond acceptors (Lipinski definition) is 5. The SMILES string of the molecule is CCC(=O)c1ccc(OCC(=O)O[C@H](C)C(=O)Nc2cccc(C)c2)cc1. The summed E-state index contributed by atoms with van der Waals surface area (Å²) >= 11 is 0. The van der Waals surface area contributed by atoms with E-state index in [0.29, 0.717) is 23.4 Å². The summed E-state index contributed by atoms with van der Waals surface area (Å²) in [5.41, 5.74) is 2.24. The molecule has 0 saturated carbocycles. The molecule has 0 unspecified atom stereocenters. The van der Waals surface area contributed by atoms with E-state index in [1.807, 2.05) is 25.1 Å². The van der Waals surface area contributed by atoms with Crippen LogP contribution >= 0.6 is 0 Å². The number of carbonyl (C=O) groups is 3. The Hall–Kier alpha value is -3.15. The minimum Gasteiger partial charge on any atom is -0.482 e. The maximum Gasteiger partial charge on any atom is 0.344 e. The summed E-state index contributed by atoms with van der Waals surface area (Å²) in [4.78, 5) is 35.6. The van der Waals surface area contributed by atoms with E-state index < -0.39 is 18.0 Å². The van der Waals surface area contributed by atoms with E-state index in [9.17, 15) is 14.4 Å². The number of aryl methyl sites for hydroxylation is 1. The zero-order valence-corrected chi connectivity index (χ0v) is 15.7. The summed E-state index contributed by atoms with van der Waals surface area (Å²) in [5, 5.41) is 2.70. The van der Waals surface area contributed by atoms with Gasteiger partial charge in [-0.2, -0.15) is 0 Å². The molecular weight excluding hydrogens is 346 g/mol. The van der Waals surface area contributed by atoms with Crippen LogP contribution in [-0.2, 0) is 14.3 Å². The average molecular weight is 369 g/mol. The van der Waals surface area contributed by atoms with Gasteiger partial charge in [-0.1, -0.05) is 19.1 Å². The second-order valence-electron chi connectivity index (χ2n) is 6.08. The molecule has 1 N–H and O–H groups in total. The van der Waals surface area contributed by atoms with Crippen molar-refractivity contribution in [2.75, 3.05) is 11.9 Å². The van der Waals surface area contributed by atoms with E-state index in [4.69, 9.17) is 9.47 Å². The Kier molecular flexibility index (Phi) is 7.11. The zero-order valence-electron chi connectivity index (χ0n) is 15.7. The minimum atomic E-state index is -0.953. The summed E-state index contributed by atoms with van der Waals surface area (Å²) in [5.74, 6) is -0.599. The lowest BCUT2D eigenvalue weighted by Crippen LogP contribution is -2.31. The normalized spacial score (nSPS) is 11.4. The Morgan fingerprint density at radius 3 is 2.41 bits per heavy atom. The van der Waals surface area contributed by atoms with Crippen molar-refractivity contribution in [3.8, 4) is 5.75 Å². The summed E-state index contributed by atoms with van der Waals surface area (Å²) in [7, 11) is 0. The van der Waals surface area contributed by atoms with Gasteiger partial charge in [0.25, 0.3) is 5.91 Å². The van der Waals surface area contributed by atoms with Gasteiger partial charge in [0.05, 0.1) is 0 Å². The third-order valence-corrected chi connectivity index (χ3v) is 3.82. The molecule has 1 amide bonds. The van der Waals surface area contributed by atoms with E-state index in [0.717, 1.165) is 5.56 Å². The quantitative estimate of drug-likeness (QED) is 0.568. The average Bonchev–Trinajstić information content (AvgIpc) is 2.66. The second-order valence-corrected chi connectivity index (χ2v) is 6.08. The van der Waals surface area contributed by atoms with Gasteiger partial charge in [-0.15, -0.1) is 0 Å². The fourth-order valence-corrected chi connectivity index (χ4v) is 2.33. The number of ether oxygens (including phenoxy) is 2. The van der Waals surface area contributed by atoms with Crippen molar-refractivity contribution in [3.63, 3.8) is 0 Å². The van der Waals surface area contributed by atoms with Gasteiger partial charge in [-0.05, 0) is 55.8 Å².